The summed E-state index contributed by atoms with van der Waals surface area (Å²) < 4.78 is 0. The first kappa shape index (κ1) is 12.1. The van der Waals surface area contributed by atoms with Gasteiger partial charge in [-0.1, -0.05) is 11.3 Å². The van der Waals surface area contributed by atoms with E-state index < -0.39 is 23.3 Å². The van der Waals surface area contributed by atoms with Gasteiger partial charge in [0, 0.05) is 6.92 Å². The van der Waals surface area contributed by atoms with Crippen LogP contribution < -0.4 is 4.90 Å². The quantitative estimate of drug-likeness (QED) is 0.631. The Morgan fingerprint density at radius 1 is 1.62 bits per heavy atom. The zero-order valence-electron chi connectivity index (χ0n) is 8.24. The first-order valence-electron chi connectivity index (χ1n) is 4.15. The summed E-state index contributed by atoms with van der Waals surface area (Å²) in [6, 6.07) is 1.35. The number of nitrogens with zero attached hydrogens (tertiary/aromatic N) is 2. The molecule has 0 aliphatic rings. The molecule has 0 saturated carbocycles. The molecule has 1 aromatic heterocycles. The number of nitro groups is 1. The number of carboxylic acid groups (broad SMARTS) is 1. The molecule has 1 amide bonds. The molecule has 0 saturated heterocycles. The normalized spacial score (nSPS) is 9.81. The second kappa shape index (κ2) is 4.71. The van der Waals surface area contributed by atoms with E-state index in [-0.39, 0.29) is 10.7 Å². The maximum absolute atomic E-state index is 11.2. The van der Waals surface area contributed by atoms with E-state index in [0.717, 1.165) is 23.2 Å². The van der Waals surface area contributed by atoms with E-state index in [4.69, 9.17) is 5.11 Å². The predicted octanol–water partition coefficient (Wildman–Crippen LogP) is 1.09. The van der Waals surface area contributed by atoms with Crippen LogP contribution >= 0.6 is 11.3 Å². The summed E-state index contributed by atoms with van der Waals surface area (Å²) >= 11 is 0.845. The number of amides is 1. The van der Waals surface area contributed by atoms with Crippen LogP contribution in [0.1, 0.15) is 6.92 Å². The summed E-state index contributed by atoms with van der Waals surface area (Å²) in [5, 5.41) is 20.4. The topological polar surface area (TPSA) is 101 Å². The number of carbonyl (C=O) groups excluding carboxylic acids is 1. The van der Waals surface area contributed by atoms with Crippen molar-refractivity contribution in [1.29, 1.82) is 0 Å². The molecular formula is C8H8N2O5S. The zero-order chi connectivity index (χ0) is 12.3. The molecule has 0 aromatic carbocycles. The van der Waals surface area contributed by atoms with Crippen molar-refractivity contribution in [3.05, 3.63) is 21.6 Å². The summed E-state index contributed by atoms with van der Waals surface area (Å²) in [5.74, 6) is -1.78. The van der Waals surface area contributed by atoms with Crippen LogP contribution in [0.3, 0.4) is 0 Å². The van der Waals surface area contributed by atoms with E-state index in [0.29, 0.717) is 0 Å². The Labute approximate surface area is 94.1 Å². The molecule has 0 aliphatic carbocycles. The molecule has 1 N–H and O–H groups in total. The van der Waals surface area contributed by atoms with E-state index in [1.165, 1.54) is 11.4 Å². The number of aliphatic carboxylic acids is 1. The van der Waals surface area contributed by atoms with Crippen LogP contribution in [0.25, 0.3) is 0 Å². The Morgan fingerprint density at radius 3 is 2.69 bits per heavy atom. The van der Waals surface area contributed by atoms with Crippen LogP contribution in [0.2, 0.25) is 0 Å². The average Bonchev–Trinajstić information content (AvgIpc) is 2.61. The highest BCUT2D eigenvalue weighted by atomic mass is 32.1. The van der Waals surface area contributed by atoms with E-state index in [1.54, 1.807) is 0 Å². The fourth-order valence-electron chi connectivity index (χ4n) is 1.14. The van der Waals surface area contributed by atoms with Gasteiger partial charge in [0.25, 0.3) is 0 Å². The molecule has 86 valence electrons. The van der Waals surface area contributed by atoms with E-state index in [1.807, 2.05) is 0 Å². The van der Waals surface area contributed by atoms with Gasteiger partial charge in [0.05, 0.1) is 4.92 Å². The third-order valence-corrected chi connectivity index (χ3v) is 2.61. The van der Waals surface area contributed by atoms with Crippen LogP contribution in [-0.2, 0) is 9.59 Å². The van der Waals surface area contributed by atoms with Crippen molar-refractivity contribution in [3.63, 3.8) is 0 Å². The summed E-state index contributed by atoms with van der Waals surface area (Å²) in [6.07, 6.45) is 0. The van der Waals surface area contributed by atoms with Crippen LogP contribution in [0.4, 0.5) is 10.7 Å². The minimum absolute atomic E-state index is 0.0184. The number of rotatable bonds is 4. The second-order valence-electron chi connectivity index (χ2n) is 2.87. The average molecular weight is 244 g/mol. The molecule has 0 bridgehead atoms. The highest BCUT2D eigenvalue weighted by molar-refractivity contribution is 7.14. The Morgan fingerprint density at radius 2 is 2.25 bits per heavy atom. The van der Waals surface area contributed by atoms with Gasteiger partial charge in [0.2, 0.25) is 5.91 Å². The molecule has 16 heavy (non-hydrogen) atoms. The van der Waals surface area contributed by atoms with Gasteiger partial charge >= 0.3 is 11.0 Å². The van der Waals surface area contributed by atoms with Crippen molar-refractivity contribution >= 4 is 33.9 Å². The molecular weight excluding hydrogens is 236 g/mol. The van der Waals surface area contributed by atoms with Gasteiger partial charge in [-0.15, -0.1) is 0 Å². The summed E-state index contributed by atoms with van der Waals surface area (Å²) in [7, 11) is 0. The Bertz CT molecular complexity index is 441. The Balaban J connectivity index is 3.10. The van der Waals surface area contributed by atoms with Gasteiger partial charge in [-0.3, -0.25) is 24.6 Å². The summed E-state index contributed by atoms with van der Waals surface area (Å²) in [5.41, 5.74) is 0.0184. The van der Waals surface area contributed by atoms with Crippen molar-refractivity contribution in [3.8, 4) is 0 Å². The van der Waals surface area contributed by atoms with Gasteiger partial charge in [-0.25, -0.2) is 0 Å². The second-order valence-corrected chi connectivity index (χ2v) is 3.76. The Kier molecular flexibility index (Phi) is 3.56. The van der Waals surface area contributed by atoms with Crippen molar-refractivity contribution in [1.82, 2.24) is 0 Å². The fraction of sp³-hybridized carbons (Fsp3) is 0.250. The van der Waals surface area contributed by atoms with Crippen molar-refractivity contribution < 1.29 is 19.6 Å². The molecule has 0 spiro atoms. The zero-order valence-corrected chi connectivity index (χ0v) is 9.06. The lowest BCUT2D eigenvalue weighted by molar-refractivity contribution is -0.379. The minimum atomic E-state index is -1.23. The lowest BCUT2D eigenvalue weighted by Gasteiger charge is -2.16. The first-order valence-corrected chi connectivity index (χ1v) is 5.03. The van der Waals surface area contributed by atoms with Gasteiger partial charge in [0.1, 0.15) is 12.2 Å². The number of hydrogen-bond donors (Lipinski definition) is 1. The summed E-state index contributed by atoms with van der Waals surface area (Å²) in [4.78, 5) is 32.6. The molecule has 7 nitrogen and oxygen atoms in total. The van der Waals surface area contributed by atoms with Gasteiger partial charge in [-0.05, 0) is 11.4 Å². The number of carbonyl (C=O) groups is 2. The number of thiophene rings is 1. The molecule has 1 rings (SSSR count). The van der Waals surface area contributed by atoms with Gasteiger partial charge in [0.15, 0.2) is 0 Å². The maximum atomic E-state index is 11.2. The fourth-order valence-corrected chi connectivity index (χ4v) is 1.85. The Hall–Kier alpha value is -1.96. The third-order valence-electron chi connectivity index (χ3n) is 1.75. The predicted molar refractivity (Wildman–Crippen MR) is 56.6 cm³/mol. The lowest BCUT2D eigenvalue weighted by Crippen LogP contribution is -2.33. The van der Waals surface area contributed by atoms with Crippen LogP contribution in [0, 0.1) is 10.1 Å². The van der Waals surface area contributed by atoms with Gasteiger partial charge in [-0.2, -0.15) is 0 Å². The molecule has 0 atom stereocenters. The highest BCUT2D eigenvalue weighted by Gasteiger charge is 2.25. The standard InChI is InChI=1S/C8H8N2O5S/c1-5(11)9(4-7(12)13)6-2-3-16-8(6)10(14)15/h2-3H,4H2,1H3,(H,12,13). The minimum Gasteiger partial charge on any atom is -0.480 e. The van der Waals surface area contributed by atoms with Crippen LogP contribution in [-0.4, -0.2) is 28.5 Å². The molecule has 0 radical (unpaired) electrons. The number of hydrogen-bond acceptors (Lipinski definition) is 5. The molecule has 0 unspecified atom stereocenters. The molecule has 0 aliphatic heterocycles. The van der Waals surface area contributed by atoms with Crippen molar-refractivity contribution in [2.24, 2.45) is 0 Å². The highest BCUT2D eigenvalue weighted by Crippen LogP contribution is 2.33. The van der Waals surface area contributed by atoms with Gasteiger partial charge < -0.3 is 5.11 Å². The van der Waals surface area contributed by atoms with Crippen molar-refractivity contribution in [2.75, 3.05) is 11.4 Å². The number of anilines is 1. The SMILES string of the molecule is CC(=O)N(CC(=O)O)c1ccsc1[N+](=O)[O-]. The molecule has 8 heteroatoms. The van der Waals surface area contributed by atoms with E-state index in [9.17, 15) is 19.7 Å². The largest absolute Gasteiger partial charge is 0.480 e. The smallest absolute Gasteiger partial charge is 0.347 e. The summed E-state index contributed by atoms with van der Waals surface area (Å²) in [6.45, 7) is 0.567. The molecule has 0 fully saturated rings. The van der Waals surface area contributed by atoms with E-state index >= 15 is 0 Å². The molecule has 1 aromatic rings. The maximum Gasteiger partial charge on any atom is 0.347 e. The van der Waals surface area contributed by atoms with Crippen molar-refractivity contribution in [2.45, 2.75) is 6.92 Å². The molecule has 1 heterocycles. The number of carboxylic acids is 1. The monoisotopic (exact) mass is 244 g/mol. The van der Waals surface area contributed by atoms with Crippen LogP contribution in [0.5, 0.6) is 0 Å². The van der Waals surface area contributed by atoms with E-state index in [2.05, 4.69) is 0 Å². The first-order chi connectivity index (χ1) is 7.43. The lowest BCUT2D eigenvalue weighted by atomic mass is 10.4. The third kappa shape index (κ3) is 2.54. The van der Waals surface area contributed by atoms with Crippen LogP contribution in [0.15, 0.2) is 11.4 Å².